The van der Waals surface area contributed by atoms with E-state index >= 15 is 0 Å². The summed E-state index contributed by atoms with van der Waals surface area (Å²) in [5, 5.41) is 0. The molecule has 2 saturated heterocycles. The number of amides is 1. The Kier molecular flexibility index (Phi) is 6.78. The lowest BCUT2D eigenvalue weighted by atomic mass is 10.2. The first-order valence-electron chi connectivity index (χ1n) is 9.15. The van der Waals surface area contributed by atoms with Crippen LogP contribution in [0.2, 0.25) is 0 Å². The van der Waals surface area contributed by atoms with Crippen LogP contribution in [0.1, 0.15) is 24.8 Å². The Balaban J connectivity index is 1.41. The molecule has 0 aliphatic carbocycles. The minimum atomic E-state index is -0.165. The van der Waals surface area contributed by atoms with Gasteiger partial charge in [0.15, 0.2) is 0 Å². The van der Waals surface area contributed by atoms with Gasteiger partial charge in [0, 0.05) is 44.9 Å². The van der Waals surface area contributed by atoms with Crippen LogP contribution in [0.5, 0.6) is 0 Å². The van der Waals surface area contributed by atoms with Gasteiger partial charge in [-0.1, -0.05) is 18.2 Å². The molecule has 2 heterocycles. The summed E-state index contributed by atoms with van der Waals surface area (Å²) in [5.74, 6) is -0.132. The van der Waals surface area contributed by atoms with Crippen LogP contribution >= 0.6 is 0 Å². The quantitative estimate of drug-likeness (QED) is 0.788. The zero-order valence-corrected chi connectivity index (χ0v) is 14.7. The Morgan fingerprint density at radius 3 is 2.88 bits per heavy atom. The van der Waals surface area contributed by atoms with Gasteiger partial charge in [0.05, 0.1) is 12.7 Å². The van der Waals surface area contributed by atoms with E-state index in [0.29, 0.717) is 25.3 Å². The predicted octanol–water partition coefficient (Wildman–Crippen LogP) is 2.06. The highest BCUT2D eigenvalue weighted by atomic mass is 19.1. The minimum absolute atomic E-state index is 0.0331. The van der Waals surface area contributed by atoms with Crippen LogP contribution in [-0.4, -0.2) is 67.8 Å². The number of hydrogen-bond acceptors (Lipinski definition) is 4. The molecule has 1 unspecified atom stereocenters. The predicted molar refractivity (Wildman–Crippen MR) is 92.7 cm³/mol. The molecule has 0 radical (unpaired) electrons. The SMILES string of the molecule is O=C(COCC1CCCO1)N1CCCN(Cc2ccccc2F)CC1. The van der Waals surface area contributed by atoms with Crippen LogP contribution < -0.4 is 0 Å². The summed E-state index contributed by atoms with van der Waals surface area (Å²) in [7, 11) is 0. The van der Waals surface area contributed by atoms with Crippen molar-refractivity contribution in [3.05, 3.63) is 35.6 Å². The number of rotatable bonds is 6. The Morgan fingerprint density at radius 2 is 2.08 bits per heavy atom. The van der Waals surface area contributed by atoms with E-state index in [1.807, 2.05) is 17.0 Å². The Hall–Kier alpha value is -1.50. The third-order valence-corrected chi connectivity index (χ3v) is 4.85. The summed E-state index contributed by atoms with van der Waals surface area (Å²) in [6.07, 6.45) is 3.13. The van der Waals surface area contributed by atoms with Crippen molar-refractivity contribution in [1.29, 1.82) is 0 Å². The van der Waals surface area contributed by atoms with Crippen molar-refractivity contribution in [1.82, 2.24) is 9.80 Å². The molecule has 1 aromatic carbocycles. The van der Waals surface area contributed by atoms with Crippen LogP contribution in [0.3, 0.4) is 0 Å². The van der Waals surface area contributed by atoms with E-state index in [1.54, 1.807) is 6.07 Å². The van der Waals surface area contributed by atoms with E-state index in [0.717, 1.165) is 45.5 Å². The molecule has 0 saturated carbocycles. The molecule has 0 spiro atoms. The molecule has 2 aliphatic heterocycles. The second kappa shape index (κ2) is 9.27. The summed E-state index contributed by atoms with van der Waals surface area (Å²) >= 11 is 0. The fraction of sp³-hybridized carbons (Fsp3) is 0.632. The number of hydrogen-bond donors (Lipinski definition) is 0. The largest absolute Gasteiger partial charge is 0.376 e. The second-order valence-corrected chi connectivity index (χ2v) is 6.75. The van der Waals surface area contributed by atoms with Crippen LogP contribution in [0.15, 0.2) is 24.3 Å². The fourth-order valence-electron chi connectivity index (χ4n) is 3.39. The molecule has 25 heavy (non-hydrogen) atoms. The van der Waals surface area contributed by atoms with Crippen molar-refractivity contribution >= 4 is 5.91 Å². The number of benzene rings is 1. The molecular weight excluding hydrogens is 323 g/mol. The van der Waals surface area contributed by atoms with E-state index in [9.17, 15) is 9.18 Å². The van der Waals surface area contributed by atoms with Gasteiger partial charge < -0.3 is 14.4 Å². The van der Waals surface area contributed by atoms with Gasteiger partial charge in [-0.05, 0) is 25.3 Å². The molecule has 0 aromatic heterocycles. The Bertz CT molecular complexity index is 563. The summed E-state index contributed by atoms with van der Waals surface area (Å²) in [4.78, 5) is 16.4. The van der Waals surface area contributed by atoms with Crippen molar-refractivity contribution in [3.63, 3.8) is 0 Å². The number of carbonyl (C=O) groups excluding carboxylic acids is 1. The van der Waals surface area contributed by atoms with Crippen LogP contribution in [0.4, 0.5) is 4.39 Å². The number of carbonyl (C=O) groups is 1. The van der Waals surface area contributed by atoms with E-state index in [2.05, 4.69) is 4.90 Å². The average molecular weight is 350 g/mol. The second-order valence-electron chi connectivity index (χ2n) is 6.75. The third kappa shape index (κ3) is 5.49. The lowest BCUT2D eigenvalue weighted by Gasteiger charge is -2.22. The molecule has 0 N–H and O–H groups in total. The first kappa shape index (κ1) is 18.3. The van der Waals surface area contributed by atoms with Crippen molar-refractivity contribution in [2.24, 2.45) is 0 Å². The van der Waals surface area contributed by atoms with Crippen LogP contribution in [0.25, 0.3) is 0 Å². The van der Waals surface area contributed by atoms with Crippen LogP contribution in [0, 0.1) is 5.82 Å². The average Bonchev–Trinajstić information content (AvgIpc) is 3.02. The smallest absolute Gasteiger partial charge is 0.248 e. The van der Waals surface area contributed by atoms with Gasteiger partial charge in [-0.25, -0.2) is 4.39 Å². The number of nitrogens with zero attached hydrogens (tertiary/aromatic N) is 2. The molecule has 0 bridgehead atoms. The molecule has 2 fully saturated rings. The van der Waals surface area contributed by atoms with E-state index in [-0.39, 0.29) is 24.4 Å². The summed E-state index contributed by atoms with van der Waals surface area (Å²) in [5.41, 5.74) is 0.710. The van der Waals surface area contributed by atoms with Crippen molar-refractivity contribution in [2.75, 3.05) is 46.0 Å². The van der Waals surface area contributed by atoms with E-state index < -0.39 is 0 Å². The normalized spacial score (nSPS) is 22.1. The highest BCUT2D eigenvalue weighted by Gasteiger charge is 2.21. The monoisotopic (exact) mass is 350 g/mol. The van der Waals surface area contributed by atoms with Crippen molar-refractivity contribution in [2.45, 2.75) is 31.9 Å². The highest BCUT2D eigenvalue weighted by molar-refractivity contribution is 5.77. The highest BCUT2D eigenvalue weighted by Crippen LogP contribution is 2.13. The first-order valence-corrected chi connectivity index (χ1v) is 9.15. The maximum absolute atomic E-state index is 13.8. The van der Waals surface area contributed by atoms with Gasteiger partial charge in [-0.3, -0.25) is 9.69 Å². The topological polar surface area (TPSA) is 42.0 Å². The van der Waals surface area contributed by atoms with Gasteiger partial charge in [0.25, 0.3) is 0 Å². The summed E-state index contributed by atoms with van der Waals surface area (Å²) in [6, 6.07) is 6.88. The maximum Gasteiger partial charge on any atom is 0.248 e. The molecule has 6 heteroatoms. The van der Waals surface area contributed by atoms with E-state index in [4.69, 9.17) is 9.47 Å². The van der Waals surface area contributed by atoms with Gasteiger partial charge in [0.1, 0.15) is 12.4 Å². The van der Waals surface area contributed by atoms with Crippen molar-refractivity contribution < 1.29 is 18.7 Å². The molecule has 1 aromatic rings. The lowest BCUT2D eigenvalue weighted by Crippen LogP contribution is -2.37. The molecule has 5 nitrogen and oxygen atoms in total. The summed E-state index contributed by atoms with van der Waals surface area (Å²) < 4.78 is 24.8. The number of ether oxygens (including phenoxy) is 2. The van der Waals surface area contributed by atoms with Crippen molar-refractivity contribution in [3.8, 4) is 0 Å². The van der Waals surface area contributed by atoms with Gasteiger partial charge in [-0.15, -0.1) is 0 Å². The number of halogens is 1. The third-order valence-electron chi connectivity index (χ3n) is 4.85. The Labute approximate surface area is 148 Å². The molecule has 138 valence electrons. The zero-order valence-electron chi connectivity index (χ0n) is 14.7. The maximum atomic E-state index is 13.8. The first-order chi connectivity index (χ1) is 12.2. The zero-order chi connectivity index (χ0) is 17.5. The molecule has 3 rings (SSSR count). The standard InChI is InChI=1S/C19H27FN2O3/c20-18-7-2-1-5-16(18)13-21-8-4-9-22(11-10-21)19(23)15-24-14-17-6-3-12-25-17/h1-2,5,7,17H,3-4,6,8-15H2. The molecule has 1 atom stereocenters. The fourth-order valence-corrected chi connectivity index (χ4v) is 3.39. The minimum Gasteiger partial charge on any atom is -0.376 e. The van der Waals surface area contributed by atoms with Crippen LogP contribution in [-0.2, 0) is 20.8 Å². The Morgan fingerprint density at radius 1 is 1.20 bits per heavy atom. The lowest BCUT2D eigenvalue weighted by molar-refractivity contribution is -0.137. The molecule has 1 amide bonds. The van der Waals surface area contributed by atoms with Gasteiger partial charge >= 0.3 is 0 Å². The van der Waals surface area contributed by atoms with Gasteiger partial charge in [0.2, 0.25) is 5.91 Å². The van der Waals surface area contributed by atoms with Gasteiger partial charge in [-0.2, -0.15) is 0 Å². The molecular formula is C19H27FN2O3. The van der Waals surface area contributed by atoms with E-state index in [1.165, 1.54) is 6.07 Å². The summed E-state index contributed by atoms with van der Waals surface area (Å²) in [6.45, 7) is 5.02. The molecule has 2 aliphatic rings.